The van der Waals surface area contributed by atoms with Crippen molar-refractivity contribution in [2.75, 3.05) is 34.2 Å². The Morgan fingerprint density at radius 1 is 1.21 bits per heavy atom. The highest BCUT2D eigenvalue weighted by Crippen LogP contribution is 2.32. The zero-order valence-corrected chi connectivity index (χ0v) is 16.2. The predicted molar refractivity (Wildman–Crippen MR) is 98.2 cm³/mol. The normalized spacial score (nSPS) is 12.1. The van der Waals surface area contributed by atoms with E-state index in [1.807, 2.05) is 19.0 Å². The van der Waals surface area contributed by atoms with Crippen molar-refractivity contribution < 1.29 is 17.6 Å². The topological polar surface area (TPSA) is 39.7 Å². The Bertz CT molecular complexity index is 533. The van der Waals surface area contributed by atoms with Crippen molar-refractivity contribution in [1.29, 1.82) is 0 Å². The number of nitrogens with zero attached hydrogens (tertiary/aromatic N) is 2. The lowest BCUT2D eigenvalue weighted by Gasteiger charge is -2.16. The minimum Gasteiger partial charge on any atom is -0.356 e. The number of hydrogen-bond donors (Lipinski definition) is 2. The largest absolute Gasteiger partial charge is 0.416 e. The summed E-state index contributed by atoms with van der Waals surface area (Å²) in [7, 11) is 5.46. The van der Waals surface area contributed by atoms with Gasteiger partial charge in [-0.3, -0.25) is 4.99 Å². The second-order valence-electron chi connectivity index (χ2n) is 5.31. The lowest BCUT2D eigenvalue weighted by atomic mass is 10.1. The molecule has 0 aromatic heterocycles. The zero-order chi connectivity index (χ0) is 17.5. The summed E-state index contributed by atoms with van der Waals surface area (Å²) >= 11 is 0. The maximum atomic E-state index is 13.1. The van der Waals surface area contributed by atoms with E-state index in [2.05, 4.69) is 15.6 Å². The second kappa shape index (κ2) is 10.7. The van der Waals surface area contributed by atoms with E-state index in [-0.39, 0.29) is 36.1 Å². The van der Waals surface area contributed by atoms with Crippen molar-refractivity contribution in [3.63, 3.8) is 0 Å². The first-order chi connectivity index (χ1) is 10.7. The number of hydrogen-bond acceptors (Lipinski definition) is 2. The summed E-state index contributed by atoms with van der Waals surface area (Å²) in [4.78, 5) is 5.99. The molecule has 0 atom stereocenters. The van der Waals surface area contributed by atoms with Crippen LogP contribution in [-0.4, -0.2) is 45.1 Å². The molecule has 0 saturated heterocycles. The van der Waals surface area contributed by atoms with Crippen LogP contribution in [0.15, 0.2) is 23.2 Å². The lowest BCUT2D eigenvalue weighted by molar-refractivity contribution is -0.138. The Balaban J connectivity index is 0.00000529. The van der Waals surface area contributed by atoms with Crippen molar-refractivity contribution >= 4 is 29.9 Å². The third kappa shape index (κ3) is 8.13. The third-order valence-electron chi connectivity index (χ3n) is 3.12. The molecule has 9 heteroatoms. The van der Waals surface area contributed by atoms with E-state index < -0.39 is 17.6 Å². The fourth-order valence-electron chi connectivity index (χ4n) is 1.97. The van der Waals surface area contributed by atoms with Gasteiger partial charge >= 0.3 is 6.18 Å². The SMILES string of the molecule is CN=C(NCCCN(C)C)NCc1ccc(F)cc1C(F)(F)F.I. The van der Waals surface area contributed by atoms with Crippen LogP contribution in [0.5, 0.6) is 0 Å². The van der Waals surface area contributed by atoms with Crippen molar-refractivity contribution in [3.8, 4) is 0 Å². The Kier molecular flexibility index (Phi) is 10.2. The summed E-state index contributed by atoms with van der Waals surface area (Å²) in [6.07, 6.45) is -3.72. The standard InChI is InChI=1S/C15H22F4N4.HI/c1-20-14(21-7-4-8-23(2)3)22-10-11-5-6-12(16)9-13(11)15(17,18)19;/h5-6,9H,4,7-8,10H2,1-3H3,(H2,20,21,22);1H. The van der Waals surface area contributed by atoms with Crippen LogP contribution < -0.4 is 10.6 Å². The van der Waals surface area contributed by atoms with Gasteiger partial charge in [-0.25, -0.2) is 4.39 Å². The predicted octanol–water partition coefficient (Wildman–Crippen LogP) is 3.08. The molecule has 24 heavy (non-hydrogen) atoms. The Labute approximate surface area is 156 Å². The number of benzene rings is 1. The first-order valence-electron chi connectivity index (χ1n) is 7.19. The van der Waals surface area contributed by atoms with E-state index in [0.717, 1.165) is 25.1 Å². The van der Waals surface area contributed by atoms with Gasteiger partial charge < -0.3 is 15.5 Å². The number of alkyl halides is 3. The first-order valence-corrected chi connectivity index (χ1v) is 7.19. The van der Waals surface area contributed by atoms with E-state index in [9.17, 15) is 17.6 Å². The molecular formula is C15H23F4IN4. The molecule has 0 amide bonds. The molecule has 1 aromatic carbocycles. The zero-order valence-electron chi connectivity index (χ0n) is 13.9. The van der Waals surface area contributed by atoms with Crippen LogP contribution in [0.2, 0.25) is 0 Å². The lowest BCUT2D eigenvalue weighted by Crippen LogP contribution is -2.38. The van der Waals surface area contributed by atoms with Crippen LogP contribution in [0.1, 0.15) is 17.5 Å². The van der Waals surface area contributed by atoms with Crippen LogP contribution in [0.3, 0.4) is 0 Å². The molecule has 0 radical (unpaired) electrons. The molecule has 0 spiro atoms. The van der Waals surface area contributed by atoms with Gasteiger partial charge in [-0.1, -0.05) is 6.07 Å². The summed E-state index contributed by atoms with van der Waals surface area (Å²) in [5.41, 5.74) is -1.01. The Morgan fingerprint density at radius 3 is 2.42 bits per heavy atom. The quantitative estimate of drug-likeness (QED) is 0.225. The van der Waals surface area contributed by atoms with Crippen LogP contribution >= 0.6 is 24.0 Å². The van der Waals surface area contributed by atoms with Crippen LogP contribution in [0.25, 0.3) is 0 Å². The molecule has 4 nitrogen and oxygen atoms in total. The highest BCUT2D eigenvalue weighted by atomic mass is 127. The van der Waals surface area contributed by atoms with E-state index in [4.69, 9.17) is 0 Å². The van der Waals surface area contributed by atoms with Gasteiger partial charge in [0.1, 0.15) is 5.82 Å². The Hall–Kier alpha value is -1.10. The molecule has 0 saturated carbocycles. The maximum Gasteiger partial charge on any atom is 0.416 e. The van der Waals surface area contributed by atoms with Crippen molar-refractivity contribution in [1.82, 2.24) is 15.5 Å². The fraction of sp³-hybridized carbons (Fsp3) is 0.533. The van der Waals surface area contributed by atoms with Gasteiger partial charge in [0.25, 0.3) is 0 Å². The molecule has 0 unspecified atom stereocenters. The van der Waals surface area contributed by atoms with E-state index in [1.54, 1.807) is 0 Å². The van der Waals surface area contributed by atoms with Gasteiger partial charge in [0.2, 0.25) is 0 Å². The van der Waals surface area contributed by atoms with Gasteiger partial charge in [0.15, 0.2) is 5.96 Å². The molecule has 0 heterocycles. The first kappa shape index (κ1) is 22.9. The highest BCUT2D eigenvalue weighted by molar-refractivity contribution is 14.0. The maximum absolute atomic E-state index is 13.1. The smallest absolute Gasteiger partial charge is 0.356 e. The summed E-state index contributed by atoms with van der Waals surface area (Å²) in [6, 6.07) is 2.65. The van der Waals surface area contributed by atoms with Crippen molar-refractivity contribution in [2.45, 2.75) is 19.1 Å². The van der Waals surface area contributed by atoms with Gasteiger partial charge in [-0.15, -0.1) is 24.0 Å². The third-order valence-corrected chi connectivity index (χ3v) is 3.12. The van der Waals surface area contributed by atoms with Crippen LogP contribution in [-0.2, 0) is 12.7 Å². The van der Waals surface area contributed by atoms with E-state index >= 15 is 0 Å². The van der Waals surface area contributed by atoms with Gasteiger partial charge in [0, 0.05) is 20.1 Å². The average molecular weight is 462 g/mol. The summed E-state index contributed by atoms with van der Waals surface area (Å²) in [5.74, 6) is -0.506. The van der Waals surface area contributed by atoms with Crippen molar-refractivity contribution in [3.05, 3.63) is 35.1 Å². The summed E-state index contributed by atoms with van der Waals surface area (Å²) in [6.45, 7) is 1.44. The monoisotopic (exact) mass is 462 g/mol. The van der Waals surface area contributed by atoms with Gasteiger partial charge in [-0.05, 0) is 44.8 Å². The molecule has 0 fully saturated rings. The van der Waals surface area contributed by atoms with Crippen LogP contribution in [0, 0.1) is 5.82 Å². The van der Waals surface area contributed by atoms with Crippen LogP contribution in [0.4, 0.5) is 17.6 Å². The number of nitrogens with one attached hydrogen (secondary N) is 2. The average Bonchev–Trinajstić information content (AvgIpc) is 2.46. The molecule has 0 aliphatic heterocycles. The second-order valence-corrected chi connectivity index (χ2v) is 5.31. The molecule has 0 aliphatic carbocycles. The van der Waals surface area contributed by atoms with E-state index in [1.165, 1.54) is 7.05 Å². The number of rotatable bonds is 6. The van der Waals surface area contributed by atoms with E-state index in [0.29, 0.717) is 18.6 Å². The van der Waals surface area contributed by atoms with Crippen molar-refractivity contribution in [2.24, 2.45) is 4.99 Å². The molecule has 1 rings (SSSR count). The molecule has 0 bridgehead atoms. The van der Waals surface area contributed by atoms with Gasteiger partial charge in [0.05, 0.1) is 5.56 Å². The minimum absolute atomic E-state index is 0. The van der Waals surface area contributed by atoms with Gasteiger partial charge in [-0.2, -0.15) is 13.2 Å². The summed E-state index contributed by atoms with van der Waals surface area (Å²) in [5, 5.41) is 5.83. The minimum atomic E-state index is -4.60. The highest BCUT2D eigenvalue weighted by Gasteiger charge is 2.33. The number of aliphatic imine (C=N–C) groups is 1. The fourth-order valence-corrected chi connectivity index (χ4v) is 1.97. The molecule has 2 N–H and O–H groups in total. The number of halogens is 5. The molecular weight excluding hydrogens is 439 g/mol. The number of guanidine groups is 1. The summed E-state index contributed by atoms with van der Waals surface area (Å²) < 4.78 is 51.8. The Morgan fingerprint density at radius 2 is 1.88 bits per heavy atom. The molecule has 0 aliphatic rings. The molecule has 138 valence electrons. The molecule has 1 aromatic rings.